The van der Waals surface area contributed by atoms with Crippen LogP contribution in [0.1, 0.15) is 30.3 Å². The van der Waals surface area contributed by atoms with Crippen LogP contribution in [-0.4, -0.2) is 41.4 Å². The second kappa shape index (κ2) is 9.75. The number of rotatable bonds is 9. The molecule has 162 valence electrons. The van der Waals surface area contributed by atoms with Gasteiger partial charge in [-0.25, -0.2) is 4.68 Å². The van der Waals surface area contributed by atoms with Crippen LogP contribution in [0.5, 0.6) is 11.5 Å². The zero-order chi connectivity index (χ0) is 22.4. The molecule has 2 aromatic carbocycles. The van der Waals surface area contributed by atoms with Gasteiger partial charge in [0.05, 0.1) is 30.5 Å². The molecule has 1 heterocycles. The van der Waals surface area contributed by atoms with Crippen LogP contribution in [0.2, 0.25) is 0 Å². The van der Waals surface area contributed by atoms with Crippen molar-refractivity contribution in [3.05, 3.63) is 64.3 Å². The maximum absolute atomic E-state index is 12.9. The lowest BCUT2D eigenvalue weighted by atomic mass is 10.1. The fourth-order valence-electron chi connectivity index (χ4n) is 3.07. The number of amides is 1. The summed E-state index contributed by atoms with van der Waals surface area (Å²) >= 11 is 0. The summed E-state index contributed by atoms with van der Waals surface area (Å²) in [5.74, 6) is 0.900. The van der Waals surface area contributed by atoms with Gasteiger partial charge in [-0.05, 0) is 36.8 Å². The van der Waals surface area contributed by atoms with Crippen molar-refractivity contribution in [3.8, 4) is 28.4 Å². The van der Waals surface area contributed by atoms with E-state index in [1.54, 1.807) is 50.6 Å². The number of nitrogens with one attached hydrogen (secondary N) is 1. The van der Waals surface area contributed by atoms with E-state index in [2.05, 4.69) is 10.4 Å². The summed E-state index contributed by atoms with van der Waals surface area (Å²) in [7, 11) is 3.11. The molecule has 1 N–H and O–H groups in total. The number of nitro benzene ring substituents is 1. The molecule has 0 atom stereocenters. The van der Waals surface area contributed by atoms with Crippen molar-refractivity contribution < 1.29 is 19.2 Å². The predicted molar refractivity (Wildman–Crippen MR) is 116 cm³/mol. The van der Waals surface area contributed by atoms with Crippen LogP contribution in [-0.2, 0) is 0 Å². The number of benzene rings is 2. The molecule has 0 aliphatic heterocycles. The number of unbranched alkanes of at least 4 members (excludes halogenated alkanes) is 1. The Hall–Kier alpha value is -3.88. The van der Waals surface area contributed by atoms with Gasteiger partial charge in [0.25, 0.3) is 11.6 Å². The fourth-order valence-corrected chi connectivity index (χ4v) is 3.07. The lowest BCUT2D eigenvalue weighted by Gasteiger charge is -2.09. The number of methoxy groups -OCH3 is 2. The van der Waals surface area contributed by atoms with E-state index in [0.29, 0.717) is 40.7 Å². The summed E-state index contributed by atoms with van der Waals surface area (Å²) in [5, 5.41) is 18.5. The van der Waals surface area contributed by atoms with Crippen LogP contribution in [0, 0.1) is 10.1 Å². The number of hydrogen-bond donors (Lipinski definition) is 1. The molecule has 0 unspecified atom stereocenters. The summed E-state index contributed by atoms with van der Waals surface area (Å²) < 4.78 is 12.2. The van der Waals surface area contributed by atoms with Gasteiger partial charge in [0.15, 0.2) is 0 Å². The topological polar surface area (TPSA) is 109 Å². The van der Waals surface area contributed by atoms with Gasteiger partial charge in [0.1, 0.15) is 17.2 Å². The fraction of sp³-hybridized carbons (Fsp3) is 0.273. The standard InChI is InChI=1S/C22H24N4O5/c1-4-5-12-23-22(27)20-14-19(18-11-10-17(30-2)13-21(18)31-3)24-25(20)15-6-8-16(9-7-15)26(28)29/h6-11,13-14H,4-5,12H2,1-3H3,(H,23,27). The molecule has 31 heavy (non-hydrogen) atoms. The van der Waals surface area contributed by atoms with E-state index in [0.717, 1.165) is 12.8 Å². The average Bonchev–Trinajstić information content (AvgIpc) is 3.24. The molecule has 0 spiro atoms. The summed E-state index contributed by atoms with van der Waals surface area (Å²) in [5.41, 5.74) is 2.02. The van der Waals surface area contributed by atoms with E-state index in [9.17, 15) is 14.9 Å². The van der Waals surface area contributed by atoms with Crippen molar-refractivity contribution in [2.75, 3.05) is 20.8 Å². The Balaban J connectivity index is 2.07. The van der Waals surface area contributed by atoms with Gasteiger partial charge >= 0.3 is 0 Å². The highest BCUT2D eigenvalue weighted by atomic mass is 16.6. The summed E-state index contributed by atoms with van der Waals surface area (Å²) in [6.45, 7) is 2.59. The predicted octanol–water partition coefficient (Wildman–Crippen LogP) is 3.99. The zero-order valence-electron chi connectivity index (χ0n) is 17.6. The van der Waals surface area contributed by atoms with Crippen LogP contribution >= 0.6 is 0 Å². The highest BCUT2D eigenvalue weighted by Crippen LogP contribution is 2.33. The molecule has 9 heteroatoms. The molecule has 0 aliphatic carbocycles. The smallest absolute Gasteiger partial charge is 0.270 e. The van der Waals surface area contributed by atoms with Crippen LogP contribution in [0.15, 0.2) is 48.5 Å². The van der Waals surface area contributed by atoms with Crippen molar-refractivity contribution in [1.29, 1.82) is 0 Å². The van der Waals surface area contributed by atoms with Crippen LogP contribution in [0.3, 0.4) is 0 Å². The SMILES string of the molecule is CCCCNC(=O)c1cc(-c2ccc(OC)cc2OC)nn1-c1ccc([N+](=O)[O-])cc1. The number of nitro groups is 1. The largest absolute Gasteiger partial charge is 0.497 e. The highest BCUT2D eigenvalue weighted by Gasteiger charge is 2.20. The number of ether oxygens (including phenoxy) is 2. The molecule has 0 saturated carbocycles. The summed E-state index contributed by atoms with van der Waals surface area (Å²) in [4.78, 5) is 23.4. The maximum atomic E-state index is 12.9. The summed E-state index contributed by atoms with van der Waals surface area (Å²) in [6, 6.07) is 12.9. The quantitative estimate of drug-likeness (QED) is 0.316. The van der Waals surface area contributed by atoms with Crippen molar-refractivity contribution in [1.82, 2.24) is 15.1 Å². The molecule has 1 aromatic heterocycles. The van der Waals surface area contributed by atoms with Crippen LogP contribution in [0.25, 0.3) is 16.9 Å². The first-order chi connectivity index (χ1) is 15.0. The molecular formula is C22H24N4O5. The average molecular weight is 424 g/mol. The van der Waals surface area contributed by atoms with Gasteiger partial charge < -0.3 is 14.8 Å². The number of hydrogen-bond acceptors (Lipinski definition) is 6. The van der Waals surface area contributed by atoms with Crippen molar-refractivity contribution in [3.63, 3.8) is 0 Å². The minimum atomic E-state index is -0.473. The van der Waals surface area contributed by atoms with E-state index >= 15 is 0 Å². The second-order valence-electron chi connectivity index (χ2n) is 6.78. The van der Waals surface area contributed by atoms with Crippen LogP contribution < -0.4 is 14.8 Å². The molecule has 3 rings (SSSR count). The van der Waals surface area contributed by atoms with E-state index in [4.69, 9.17) is 9.47 Å². The summed E-state index contributed by atoms with van der Waals surface area (Å²) in [6.07, 6.45) is 1.81. The molecule has 0 radical (unpaired) electrons. The first-order valence-electron chi connectivity index (χ1n) is 9.84. The zero-order valence-corrected chi connectivity index (χ0v) is 17.6. The lowest BCUT2D eigenvalue weighted by molar-refractivity contribution is -0.384. The number of nitrogens with zero attached hydrogens (tertiary/aromatic N) is 3. The third-order valence-electron chi connectivity index (χ3n) is 4.75. The Morgan fingerprint density at radius 1 is 1.13 bits per heavy atom. The first-order valence-corrected chi connectivity index (χ1v) is 9.84. The molecule has 0 bridgehead atoms. The number of aromatic nitrogens is 2. The Labute approximate surface area is 179 Å². The second-order valence-corrected chi connectivity index (χ2v) is 6.78. The van der Waals surface area contributed by atoms with Crippen molar-refractivity contribution >= 4 is 11.6 Å². The van der Waals surface area contributed by atoms with Crippen LogP contribution in [0.4, 0.5) is 5.69 Å². The minimum Gasteiger partial charge on any atom is -0.497 e. The van der Waals surface area contributed by atoms with Gasteiger partial charge in [-0.2, -0.15) is 5.10 Å². The Morgan fingerprint density at radius 2 is 1.87 bits per heavy atom. The monoisotopic (exact) mass is 424 g/mol. The van der Waals surface area contributed by atoms with Gasteiger partial charge in [0, 0.05) is 30.3 Å². The number of carbonyl (C=O) groups is 1. The van der Waals surface area contributed by atoms with Crippen molar-refractivity contribution in [2.45, 2.75) is 19.8 Å². The van der Waals surface area contributed by atoms with E-state index < -0.39 is 4.92 Å². The molecular weight excluding hydrogens is 400 g/mol. The van der Waals surface area contributed by atoms with Gasteiger partial charge in [0.2, 0.25) is 0 Å². The third kappa shape index (κ3) is 4.82. The molecule has 3 aromatic rings. The molecule has 0 saturated heterocycles. The molecule has 0 fully saturated rings. The van der Waals surface area contributed by atoms with Gasteiger partial charge in [-0.15, -0.1) is 0 Å². The van der Waals surface area contributed by atoms with Gasteiger partial charge in [-0.3, -0.25) is 14.9 Å². The Morgan fingerprint density at radius 3 is 2.48 bits per heavy atom. The van der Waals surface area contributed by atoms with E-state index in [-0.39, 0.29) is 11.6 Å². The molecule has 1 amide bonds. The molecule has 9 nitrogen and oxygen atoms in total. The van der Waals surface area contributed by atoms with Crippen molar-refractivity contribution in [2.24, 2.45) is 0 Å². The third-order valence-corrected chi connectivity index (χ3v) is 4.75. The number of non-ortho nitro benzene ring substituents is 1. The first kappa shape index (κ1) is 21.8. The Bertz CT molecular complexity index is 1080. The van der Waals surface area contributed by atoms with Gasteiger partial charge in [-0.1, -0.05) is 13.3 Å². The Kier molecular flexibility index (Phi) is 6.86. The number of carbonyl (C=O) groups excluding carboxylic acids is 1. The van der Waals surface area contributed by atoms with E-state index in [1.807, 2.05) is 6.92 Å². The molecule has 0 aliphatic rings. The lowest BCUT2D eigenvalue weighted by Crippen LogP contribution is -2.26. The minimum absolute atomic E-state index is 0.0399. The normalized spacial score (nSPS) is 10.5. The maximum Gasteiger partial charge on any atom is 0.270 e. The van der Waals surface area contributed by atoms with E-state index in [1.165, 1.54) is 16.8 Å². The highest BCUT2D eigenvalue weighted by molar-refractivity contribution is 5.94.